The van der Waals surface area contributed by atoms with Crippen molar-refractivity contribution >= 4 is 15.9 Å². The number of alkyl halides is 1. The van der Waals surface area contributed by atoms with Crippen LogP contribution in [0, 0.1) is 6.08 Å². The van der Waals surface area contributed by atoms with E-state index in [2.05, 4.69) is 34.2 Å². The summed E-state index contributed by atoms with van der Waals surface area (Å²) >= 11 is 3.41. The highest BCUT2D eigenvalue weighted by atomic mass is 79.9. The molecule has 0 aromatic rings. The SMILES string of the molecule is BrCCCCC1=[C]CC=C1. The molecule has 0 bridgehead atoms. The van der Waals surface area contributed by atoms with Crippen LogP contribution in [-0.4, -0.2) is 5.33 Å². The Labute approximate surface area is 71.1 Å². The highest BCUT2D eigenvalue weighted by molar-refractivity contribution is 9.09. The van der Waals surface area contributed by atoms with Crippen molar-refractivity contribution in [1.82, 2.24) is 0 Å². The molecule has 0 unspecified atom stereocenters. The van der Waals surface area contributed by atoms with Crippen LogP contribution in [0.3, 0.4) is 0 Å². The third kappa shape index (κ3) is 2.70. The molecule has 0 aromatic heterocycles. The first kappa shape index (κ1) is 8.06. The van der Waals surface area contributed by atoms with E-state index in [1.54, 1.807) is 0 Å². The highest BCUT2D eigenvalue weighted by Crippen LogP contribution is 2.14. The molecule has 0 saturated carbocycles. The van der Waals surface area contributed by atoms with Crippen LogP contribution in [0.1, 0.15) is 25.7 Å². The molecule has 1 rings (SSSR count). The standard InChI is InChI=1S/C9H12Br/c10-8-4-3-7-9-5-1-2-6-9/h1,5H,2-4,7-8H2. The summed E-state index contributed by atoms with van der Waals surface area (Å²) in [6.07, 6.45) is 12.5. The van der Waals surface area contributed by atoms with Crippen molar-refractivity contribution in [3.8, 4) is 0 Å². The molecule has 0 nitrogen and oxygen atoms in total. The van der Waals surface area contributed by atoms with Crippen LogP contribution in [0.2, 0.25) is 0 Å². The monoisotopic (exact) mass is 199 g/mol. The van der Waals surface area contributed by atoms with Crippen molar-refractivity contribution in [2.75, 3.05) is 5.33 Å². The van der Waals surface area contributed by atoms with Crippen LogP contribution in [0.5, 0.6) is 0 Å². The van der Waals surface area contributed by atoms with E-state index in [-0.39, 0.29) is 0 Å². The summed E-state index contributed by atoms with van der Waals surface area (Å²) in [6.45, 7) is 0. The predicted molar refractivity (Wildman–Crippen MR) is 48.2 cm³/mol. The Morgan fingerprint density at radius 1 is 1.50 bits per heavy atom. The molecule has 0 amide bonds. The Morgan fingerprint density at radius 3 is 3.00 bits per heavy atom. The zero-order valence-electron chi connectivity index (χ0n) is 6.07. The summed E-state index contributed by atoms with van der Waals surface area (Å²) in [5, 5.41) is 1.13. The van der Waals surface area contributed by atoms with Crippen molar-refractivity contribution in [1.29, 1.82) is 0 Å². The fourth-order valence-corrected chi connectivity index (χ4v) is 1.43. The van der Waals surface area contributed by atoms with Crippen LogP contribution < -0.4 is 0 Å². The largest absolute Gasteiger partial charge is 0.0928 e. The van der Waals surface area contributed by atoms with Gasteiger partial charge in [0.2, 0.25) is 0 Å². The smallest absolute Gasteiger partial charge is 0.00314 e. The molecule has 0 aromatic carbocycles. The molecule has 0 atom stereocenters. The average Bonchev–Trinajstić information content (AvgIpc) is 2.41. The van der Waals surface area contributed by atoms with E-state index in [1.165, 1.54) is 24.8 Å². The van der Waals surface area contributed by atoms with Crippen LogP contribution in [0.4, 0.5) is 0 Å². The number of allylic oxidation sites excluding steroid dienone is 4. The number of hydrogen-bond acceptors (Lipinski definition) is 0. The van der Waals surface area contributed by atoms with Gasteiger partial charge in [0.05, 0.1) is 0 Å². The minimum Gasteiger partial charge on any atom is -0.0928 e. The van der Waals surface area contributed by atoms with Crippen molar-refractivity contribution < 1.29 is 0 Å². The molecule has 0 aliphatic heterocycles. The van der Waals surface area contributed by atoms with Gasteiger partial charge in [-0.25, -0.2) is 0 Å². The molecule has 1 aliphatic carbocycles. The minimum absolute atomic E-state index is 1.03. The minimum atomic E-state index is 1.03. The summed E-state index contributed by atoms with van der Waals surface area (Å²) < 4.78 is 0. The van der Waals surface area contributed by atoms with Gasteiger partial charge in [0.25, 0.3) is 0 Å². The third-order valence-electron chi connectivity index (χ3n) is 1.60. The van der Waals surface area contributed by atoms with Crippen molar-refractivity contribution in [3.05, 3.63) is 23.8 Å². The lowest BCUT2D eigenvalue weighted by Crippen LogP contribution is -1.79. The highest BCUT2D eigenvalue weighted by Gasteiger charge is 1.96. The second-order valence-corrected chi connectivity index (χ2v) is 3.25. The van der Waals surface area contributed by atoms with Crippen LogP contribution in [0.25, 0.3) is 0 Å². The van der Waals surface area contributed by atoms with Crippen molar-refractivity contribution in [2.45, 2.75) is 25.7 Å². The lowest BCUT2D eigenvalue weighted by Gasteiger charge is -1.95. The average molecular weight is 200 g/mol. The summed E-state index contributed by atoms with van der Waals surface area (Å²) in [6, 6.07) is 0. The van der Waals surface area contributed by atoms with E-state index >= 15 is 0 Å². The van der Waals surface area contributed by atoms with Gasteiger partial charge in [-0.3, -0.25) is 0 Å². The number of hydrogen-bond donors (Lipinski definition) is 0. The zero-order chi connectivity index (χ0) is 7.23. The second-order valence-electron chi connectivity index (χ2n) is 2.45. The van der Waals surface area contributed by atoms with Gasteiger partial charge in [0, 0.05) is 5.33 Å². The summed E-state index contributed by atoms with van der Waals surface area (Å²) in [5.74, 6) is 0. The van der Waals surface area contributed by atoms with Gasteiger partial charge >= 0.3 is 0 Å². The number of rotatable bonds is 4. The van der Waals surface area contributed by atoms with Gasteiger partial charge in [-0.1, -0.05) is 28.1 Å². The first-order valence-electron chi connectivity index (χ1n) is 3.75. The molecule has 1 radical (unpaired) electrons. The van der Waals surface area contributed by atoms with E-state index in [4.69, 9.17) is 0 Å². The van der Waals surface area contributed by atoms with E-state index in [1.807, 2.05) is 0 Å². The zero-order valence-corrected chi connectivity index (χ0v) is 7.65. The topological polar surface area (TPSA) is 0 Å². The quantitative estimate of drug-likeness (QED) is 0.482. The Balaban J connectivity index is 2.08. The van der Waals surface area contributed by atoms with Crippen molar-refractivity contribution in [3.63, 3.8) is 0 Å². The van der Waals surface area contributed by atoms with Gasteiger partial charge < -0.3 is 0 Å². The number of unbranched alkanes of at least 4 members (excludes halogenated alkanes) is 1. The van der Waals surface area contributed by atoms with Crippen LogP contribution in [-0.2, 0) is 0 Å². The number of halogens is 1. The predicted octanol–water partition coefficient (Wildman–Crippen LogP) is 3.24. The maximum absolute atomic E-state index is 3.41. The Hall–Kier alpha value is -0.0400. The fourth-order valence-electron chi connectivity index (χ4n) is 1.03. The molecule has 0 spiro atoms. The normalized spacial score (nSPS) is 15.9. The van der Waals surface area contributed by atoms with Gasteiger partial charge in [-0.15, -0.1) is 0 Å². The summed E-state index contributed by atoms with van der Waals surface area (Å²) in [4.78, 5) is 0. The van der Waals surface area contributed by atoms with E-state index in [0.29, 0.717) is 0 Å². The Bertz CT molecular complexity index is 145. The van der Waals surface area contributed by atoms with E-state index < -0.39 is 0 Å². The molecular weight excluding hydrogens is 188 g/mol. The Kier molecular flexibility index (Phi) is 3.81. The summed E-state index contributed by atoms with van der Waals surface area (Å²) in [5.41, 5.74) is 1.40. The van der Waals surface area contributed by atoms with E-state index in [9.17, 15) is 0 Å². The second kappa shape index (κ2) is 4.73. The first-order valence-corrected chi connectivity index (χ1v) is 4.88. The molecule has 10 heavy (non-hydrogen) atoms. The van der Waals surface area contributed by atoms with Gasteiger partial charge in [0.15, 0.2) is 0 Å². The first-order chi connectivity index (χ1) is 4.93. The molecular formula is C9H12Br. The van der Waals surface area contributed by atoms with Crippen LogP contribution >= 0.6 is 15.9 Å². The maximum Gasteiger partial charge on any atom is 0.00314 e. The molecule has 0 saturated heterocycles. The van der Waals surface area contributed by atoms with Crippen molar-refractivity contribution in [2.24, 2.45) is 0 Å². The summed E-state index contributed by atoms with van der Waals surface area (Å²) in [7, 11) is 0. The molecule has 1 aliphatic rings. The lowest BCUT2D eigenvalue weighted by atomic mass is 10.1. The fraction of sp³-hybridized carbons (Fsp3) is 0.556. The third-order valence-corrected chi connectivity index (χ3v) is 2.16. The van der Waals surface area contributed by atoms with Gasteiger partial charge in [0.1, 0.15) is 0 Å². The van der Waals surface area contributed by atoms with Crippen LogP contribution in [0.15, 0.2) is 17.7 Å². The van der Waals surface area contributed by atoms with Gasteiger partial charge in [-0.2, -0.15) is 0 Å². The molecule has 55 valence electrons. The molecule has 0 heterocycles. The lowest BCUT2D eigenvalue weighted by molar-refractivity contribution is 0.808. The molecule has 1 heteroatoms. The van der Waals surface area contributed by atoms with Gasteiger partial charge in [-0.05, 0) is 37.3 Å². The Morgan fingerprint density at radius 2 is 2.40 bits per heavy atom. The molecule has 0 N–H and O–H groups in total. The molecule has 0 fully saturated rings. The maximum atomic E-state index is 3.41. The van der Waals surface area contributed by atoms with E-state index in [0.717, 1.165) is 11.8 Å².